The van der Waals surface area contributed by atoms with Crippen molar-refractivity contribution < 1.29 is 0 Å². The Hall–Kier alpha value is -2.37. The van der Waals surface area contributed by atoms with Gasteiger partial charge in [-0.15, -0.1) is 0 Å². The zero-order valence-electron chi connectivity index (χ0n) is 16.3. The van der Waals surface area contributed by atoms with Crippen LogP contribution in [0, 0.1) is 5.92 Å². The molecule has 0 amide bonds. The lowest BCUT2D eigenvalue weighted by atomic mass is 9.99. The van der Waals surface area contributed by atoms with Gasteiger partial charge in [-0.3, -0.25) is 0 Å². The second kappa shape index (κ2) is 8.55. The summed E-state index contributed by atoms with van der Waals surface area (Å²) in [6, 6.07) is 6.37. The molecule has 0 aromatic carbocycles. The predicted octanol–water partition coefficient (Wildman–Crippen LogP) is 3.71. The van der Waals surface area contributed by atoms with Gasteiger partial charge in [0.25, 0.3) is 0 Å². The quantitative estimate of drug-likeness (QED) is 0.870. The monoisotopic (exact) mass is 366 g/mol. The fraction of sp³-hybridized carbons (Fsp3) is 0.571. The molecular weight excluding hydrogens is 336 g/mol. The molecule has 27 heavy (non-hydrogen) atoms. The Balaban J connectivity index is 1.33. The van der Waals surface area contributed by atoms with E-state index in [0.717, 1.165) is 56.1 Å². The second-order valence-corrected chi connectivity index (χ2v) is 7.86. The molecule has 6 nitrogen and oxygen atoms in total. The smallest absolute Gasteiger partial charge is 0.134 e. The molecule has 2 aliphatic heterocycles. The Morgan fingerprint density at radius 1 is 0.926 bits per heavy atom. The van der Waals surface area contributed by atoms with Crippen molar-refractivity contribution in [1.82, 2.24) is 15.0 Å². The fourth-order valence-electron chi connectivity index (χ4n) is 3.88. The first-order chi connectivity index (χ1) is 13.3. The van der Waals surface area contributed by atoms with E-state index < -0.39 is 0 Å². The van der Waals surface area contributed by atoms with Gasteiger partial charge in [-0.05, 0) is 49.7 Å². The standard InChI is InChI=1S/C21H30N6/c1-17-7-11-27(12-8-17)20-6-5-18(15-23-20)14-22-19-13-21(25-16-24-19)26-9-3-2-4-10-26/h5-6,13,15-17H,2-4,7-12,14H2,1H3,(H,22,24,25). The van der Waals surface area contributed by atoms with Gasteiger partial charge in [0.15, 0.2) is 0 Å². The number of anilines is 3. The number of hydrogen-bond donors (Lipinski definition) is 1. The van der Waals surface area contributed by atoms with Gasteiger partial charge in [0.05, 0.1) is 0 Å². The normalized spacial score (nSPS) is 18.6. The molecule has 2 aromatic heterocycles. The van der Waals surface area contributed by atoms with Crippen LogP contribution in [0.3, 0.4) is 0 Å². The van der Waals surface area contributed by atoms with Gasteiger partial charge in [-0.25, -0.2) is 15.0 Å². The van der Waals surface area contributed by atoms with E-state index >= 15 is 0 Å². The number of nitrogens with zero attached hydrogens (tertiary/aromatic N) is 5. The first-order valence-electron chi connectivity index (χ1n) is 10.3. The van der Waals surface area contributed by atoms with E-state index in [9.17, 15) is 0 Å². The highest BCUT2D eigenvalue weighted by Gasteiger charge is 2.17. The highest BCUT2D eigenvalue weighted by Crippen LogP contribution is 2.22. The third-order valence-electron chi connectivity index (χ3n) is 5.72. The molecular formula is C21H30N6. The predicted molar refractivity (Wildman–Crippen MR) is 110 cm³/mol. The summed E-state index contributed by atoms with van der Waals surface area (Å²) in [4.78, 5) is 18.2. The van der Waals surface area contributed by atoms with E-state index in [2.05, 4.69) is 55.2 Å². The minimum atomic E-state index is 0.723. The lowest BCUT2D eigenvalue weighted by Crippen LogP contribution is -2.33. The number of aromatic nitrogens is 3. The van der Waals surface area contributed by atoms with Crippen molar-refractivity contribution in [3.8, 4) is 0 Å². The van der Waals surface area contributed by atoms with Gasteiger partial charge >= 0.3 is 0 Å². The van der Waals surface area contributed by atoms with E-state index in [0.29, 0.717) is 0 Å². The highest BCUT2D eigenvalue weighted by molar-refractivity contribution is 5.49. The molecule has 0 spiro atoms. The van der Waals surface area contributed by atoms with E-state index in [-0.39, 0.29) is 0 Å². The summed E-state index contributed by atoms with van der Waals surface area (Å²) < 4.78 is 0. The van der Waals surface area contributed by atoms with Crippen LogP contribution >= 0.6 is 0 Å². The largest absolute Gasteiger partial charge is 0.366 e. The summed E-state index contributed by atoms with van der Waals surface area (Å²) in [5.41, 5.74) is 1.17. The zero-order chi connectivity index (χ0) is 18.5. The topological polar surface area (TPSA) is 57.2 Å². The van der Waals surface area contributed by atoms with Crippen LogP contribution < -0.4 is 15.1 Å². The summed E-state index contributed by atoms with van der Waals surface area (Å²) in [6.45, 7) is 7.48. The van der Waals surface area contributed by atoms with Crippen LogP contribution in [0.4, 0.5) is 17.5 Å². The number of nitrogens with one attached hydrogen (secondary N) is 1. The number of rotatable bonds is 5. The summed E-state index contributed by atoms with van der Waals surface area (Å²) >= 11 is 0. The summed E-state index contributed by atoms with van der Waals surface area (Å²) in [5.74, 6) is 3.84. The minimum Gasteiger partial charge on any atom is -0.366 e. The molecule has 2 fully saturated rings. The molecule has 0 saturated carbocycles. The van der Waals surface area contributed by atoms with Crippen molar-refractivity contribution in [2.24, 2.45) is 5.92 Å². The van der Waals surface area contributed by atoms with E-state index in [1.165, 1.54) is 37.7 Å². The molecule has 0 radical (unpaired) electrons. The summed E-state index contributed by atoms with van der Waals surface area (Å²) in [7, 11) is 0. The van der Waals surface area contributed by atoms with Crippen molar-refractivity contribution in [2.75, 3.05) is 41.3 Å². The molecule has 4 rings (SSSR count). The first kappa shape index (κ1) is 18.0. The second-order valence-electron chi connectivity index (χ2n) is 7.86. The number of pyridine rings is 1. The van der Waals surface area contributed by atoms with Crippen molar-refractivity contribution >= 4 is 17.5 Å². The molecule has 0 aliphatic carbocycles. The lowest BCUT2D eigenvalue weighted by molar-refractivity contribution is 0.436. The van der Waals surface area contributed by atoms with Crippen LogP contribution in [-0.2, 0) is 6.54 Å². The van der Waals surface area contributed by atoms with Crippen LogP contribution in [0.1, 0.15) is 44.6 Å². The number of piperidine rings is 2. The van der Waals surface area contributed by atoms with Gasteiger partial charge in [-0.2, -0.15) is 0 Å². The van der Waals surface area contributed by atoms with Gasteiger partial charge in [0, 0.05) is 45.0 Å². The minimum absolute atomic E-state index is 0.723. The van der Waals surface area contributed by atoms with Gasteiger partial charge < -0.3 is 15.1 Å². The van der Waals surface area contributed by atoms with E-state index in [1.807, 2.05) is 6.20 Å². The van der Waals surface area contributed by atoms with Gasteiger partial charge in [0.1, 0.15) is 23.8 Å². The molecule has 4 heterocycles. The van der Waals surface area contributed by atoms with Crippen molar-refractivity contribution in [1.29, 1.82) is 0 Å². The lowest BCUT2D eigenvalue weighted by Gasteiger charge is -2.31. The first-order valence-corrected chi connectivity index (χ1v) is 10.3. The fourth-order valence-corrected chi connectivity index (χ4v) is 3.88. The molecule has 2 aliphatic rings. The van der Waals surface area contributed by atoms with E-state index in [4.69, 9.17) is 0 Å². The van der Waals surface area contributed by atoms with Crippen LogP contribution in [0.5, 0.6) is 0 Å². The Bertz CT molecular complexity index is 718. The molecule has 0 atom stereocenters. The molecule has 2 aromatic rings. The molecule has 6 heteroatoms. The van der Waals surface area contributed by atoms with E-state index in [1.54, 1.807) is 6.33 Å². The Morgan fingerprint density at radius 3 is 2.44 bits per heavy atom. The summed E-state index contributed by atoms with van der Waals surface area (Å²) in [5, 5.41) is 3.41. The summed E-state index contributed by atoms with van der Waals surface area (Å²) in [6.07, 6.45) is 9.99. The SMILES string of the molecule is CC1CCN(c2ccc(CNc3cc(N4CCCCC4)ncn3)cn2)CC1. The van der Waals surface area contributed by atoms with Gasteiger partial charge in [-0.1, -0.05) is 13.0 Å². The molecule has 0 unspecified atom stereocenters. The molecule has 1 N–H and O–H groups in total. The van der Waals surface area contributed by atoms with Gasteiger partial charge in [0.2, 0.25) is 0 Å². The Morgan fingerprint density at radius 2 is 1.70 bits per heavy atom. The Kier molecular flexibility index (Phi) is 5.70. The molecule has 144 valence electrons. The zero-order valence-corrected chi connectivity index (χ0v) is 16.3. The van der Waals surface area contributed by atoms with Crippen molar-refractivity contribution in [3.63, 3.8) is 0 Å². The van der Waals surface area contributed by atoms with Crippen LogP contribution in [0.15, 0.2) is 30.7 Å². The van der Waals surface area contributed by atoms with Crippen molar-refractivity contribution in [3.05, 3.63) is 36.3 Å². The average molecular weight is 367 g/mol. The van der Waals surface area contributed by atoms with Crippen molar-refractivity contribution in [2.45, 2.75) is 45.6 Å². The van der Waals surface area contributed by atoms with Crippen LogP contribution in [0.25, 0.3) is 0 Å². The third kappa shape index (κ3) is 4.67. The highest BCUT2D eigenvalue weighted by atomic mass is 15.2. The maximum atomic E-state index is 4.68. The maximum Gasteiger partial charge on any atom is 0.134 e. The average Bonchev–Trinajstić information content (AvgIpc) is 2.74. The Labute approximate surface area is 162 Å². The van der Waals surface area contributed by atoms with Crippen LogP contribution in [0.2, 0.25) is 0 Å². The third-order valence-corrected chi connectivity index (χ3v) is 5.72. The number of hydrogen-bond acceptors (Lipinski definition) is 6. The molecule has 2 saturated heterocycles. The maximum absolute atomic E-state index is 4.68. The molecule has 0 bridgehead atoms. The van der Waals surface area contributed by atoms with Crippen LogP contribution in [-0.4, -0.2) is 41.1 Å².